The van der Waals surface area contributed by atoms with Crippen LogP contribution in [0.15, 0.2) is 15.9 Å². The van der Waals surface area contributed by atoms with E-state index in [-0.39, 0.29) is 5.91 Å². The molecule has 2 fully saturated rings. The Morgan fingerprint density at radius 1 is 1.39 bits per heavy atom. The smallest absolute Gasteiger partial charge is 0.263 e. The number of hydrogen-bond acceptors (Lipinski definition) is 3. The van der Waals surface area contributed by atoms with Gasteiger partial charge in [-0.25, -0.2) is 0 Å². The lowest BCUT2D eigenvalue weighted by Crippen LogP contribution is -2.43. The maximum atomic E-state index is 12.3. The third-order valence-corrected chi connectivity index (χ3v) is 5.90. The molecule has 3 nitrogen and oxygen atoms in total. The Morgan fingerprint density at radius 3 is 2.72 bits per heavy atom. The van der Waals surface area contributed by atoms with Gasteiger partial charge < -0.3 is 10.2 Å². The molecule has 1 aromatic heterocycles. The maximum absolute atomic E-state index is 12.3. The molecule has 18 heavy (non-hydrogen) atoms. The first kappa shape index (κ1) is 12.6. The summed E-state index contributed by atoms with van der Waals surface area (Å²) in [6, 6.07) is 1.93. The van der Waals surface area contributed by atoms with Crippen LogP contribution in [0.1, 0.15) is 28.9 Å². The van der Waals surface area contributed by atoms with Crippen molar-refractivity contribution in [3.05, 3.63) is 20.8 Å². The number of hydrogen-bond donors (Lipinski definition) is 1. The second-order valence-corrected chi connectivity index (χ2v) is 7.18. The summed E-state index contributed by atoms with van der Waals surface area (Å²) in [6.07, 6.45) is 3.58. The molecular formula is C13H17BrN2OS. The van der Waals surface area contributed by atoms with E-state index in [1.54, 1.807) is 0 Å². The number of carbonyl (C=O) groups excluding carboxylic acids is 1. The fourth-order valence-electron chi connectivity index (χ4n) is 2.99. The first-order valence-corrected chi connectivity index (χ1v) is 8.10. The van der Waals surface area contributed by atoms with Crippen LogP contribution < -0.4 is 5.32 Å². The molecule has 1 aromatic rings. The van der Waals surface area contributed by atoms with Crippen molar-refractivity contribution >= 4 is 33.2 Å². The highest BCUT2D eigenvalue weighted by Gasteiger charge is 2.38. The zero-order valence-electron chi connectivity index (χ0n) is 10.2. The van der Waals surface area contributed by atoms with Gasteiger partial charge in [0.15, 0.2) is 0 Å². The Morgan fingerprint density at radius 2 is 2.17 bits per heavy atom. The highest BCUT2D eigenvalue weighted by Crippen LogP contribution is 2.37. The van der Waals surface area contributed by atoms with Gasteiger partial charge in [-0.3, -0.25) is 4.79 Å². The molecule has 0 aromatic carbocycles. The number of thiophene rings is 1. The lowest BCUT2D eigenvalue weighted by atomic mass is 9.78. The fraction of sp³-hybridized carbons (Fsp3) is 0.615. The van der Waals surface area contributed by atoms with Crippen molar-refractivity contribution in [3.8, 4) is 0 Å². The van der Waals surface area contributed by atoms with Crippen molar-refractivity contribution in [1.29, 1.82) is 0 Å². The van der Waals surface area contributed by atoms with E-state index < -0.39 is 0 Å². The van der Waals surface area contributed by atoms with Crippen LogP contribution >= 0.6 is 27.3 Å². The molecule has 5 heteroatoms. The molecule has 2 saturated heterocycles. The van der Waals surface area contributed by atoms with Crippen LogP contribution in [0.5, 0.6) is 0 Å². The summed E-state index contributed by atoms with van der Waals surface area (Å²) in [5.74, 6) is 0.200. The average molecular weight is 329 g/mol. The van der Waals surface area contributed by atoms with E-state index in [4.69, 9.17) is 0 Å². The van der Waals surface area contributed by atoms with E-state index in [9.17, 15) is 4.79 Å². The van der Waals surface area contributed by atoms with E-state index >= 15 is 0 Å². The molecule has 0 saturated carbocycles. The van der Waals surface area contributed by atoms with E-state index in [0.29, 0.717) is 5.41 Å². The van der Waals surface area contributed by atoms with Gasteiger partial charge in [-0.2, -0.15) is 0 Å². The van der Waals surface area contributed by atoms with E-state index in [1.165, 1.54) is 17.8 Å². The van der Waals surface area contributed by atoms with Gasteiger partial charge >= 0.3 is 0 Å². The van der Waals surface area contributed by atoms with Crippen LogP contribution in [-0.4, -0.2) is 37.0 Å². The highest BCUT2D eigenvalue weighted by molar-refractivity contribution is 9.10. The maximum Gasteiger partial charge on any atom is 0.263 e. The summed E-state index contributed by atoms with van der Waals surface area (Å²) in [5, 5.41) is 5.43. The number of nitrogens with zero attached hydrogens (tertiary/aromatic N) is 1. The second kappa shape index (κ2) is 4.94. The first-order chi connectivity index (χ1) is 8.69. The Balaban J connectivity index is 1.64. The molecule has 0 bridgehead atoms. The van der Waals surface area contributed by atoms with Gasteiger partial charge in [0, 0.05) is 29.5 Å². The van der Waals surface area contributed by atoms with E-state index in [0.717, 1.165) is 48.4 Å². The summed E-state index contributed by atoms with van der Waals surface area (Å²) in [5.41, 5.74) is 0.479. The van der Waals surface area contributed by atoms with Gasteiger partial charge in [0.1, 0.15) is 0 Å². The van der Waals surface area contributed by atoms with Gasteiger partial charge in [0.25, 0.3) is 5.91 Å². The molecule has 0 radical (unpaired) electrons. The minimum absolute atomic E-state index is 0.200. The van der Waals surface area contributed by atoms with Crippen molar-refractivity contribution in [1.82, 2.24) is 10.2 Å². The van der Waals surface area contributed by atoms with E-state index in [1.807, 2.05) is 16.3 Å². The fourth-order valence-corrected chi connectivity index (χ4v) is 4.38. The van der Waals surface area contributed by atoms with Crippen LogP contribution in [0.2, 0.25) is 0 Å². The number of rotatable bonds is 1. The lowest BCUT2D eigenvalue weighted by Gasteiger charge is -2.38. The van der Waals surface area contributed by atoms with Gasteiger partial charge in [-0.15, -0.1) is 11.3 Å². The Kier molecular flexibility index (Phi) is 3.47. The topological polar surface area (TPSA) is 32.3 Å². The van der Waals surface area contributed by atoms with Gasteiger partial charge in [-0.1, -0.05) is 0 Å². The van der Waals surface area contributed by atoms with Crippen LogP contribution in [0.4, 0.5) is 0 Å². The minimum atomic E-state index is 0.200. The van der Waals surface area contributed by atoms with Crippen molar-refractivity contribution in [2.24, 2.45) is 5.41 Å². The summed E-state index contributed by atoms with van der Waals surface area (Å²) < 4.78 is 1.00. The number of nitrogens with one attached hydrogen (secondary N) is 1. The van der Waals surface area contributed by atoms with Crippen LogP contribution in [0.25, 0.3) is 0 Å². The highest BCUT2D eigenvalue weighted by atomic mass is 79.9. The monoisotopic (exact) mass is 328 g/mol. The van der Waals surface area contributed by atoms with Gasteiger partial charge in [-0.05, 0) is 53.2 Å². The predicted octanol–water partition coefficient (Wildman–Crippen LogP) is 2.73. The molecule has 1 spiro atoms. The predicted molar refractivity (Wildman–Crippen MR) is 77.1 cm³/mol. The average Bonchev–Trinajstić information content (AvgIpc) is 3.00. The van der Waals surface area contributed by atoms with Crippen LogP contribution in [0, 0.1) is 5.41 Å². The van der Waals surface area contributed by atoms with Crippen molar-refractivity contribution in [2.75, 3.05) is 26.2 Å². The normalized spacial score (nSPS) is 22.6. The first-order valence-electron chi connectivity index (χ1n) is 6.43. The van der Waals surface area contributed by atoms with E-state index in [2.05, 4.69) is 21.2 Å². The number of carbonyl (C=O) groups is 1. The standard InChI is InChI=1S/C13H17BrN2OS/c14-10-7-11(18-8-10)12(17)16-5-2-13(3-6-16)1-4-15-9-13/h7-8,15H,1-6,9H2. The van der Waals surface area contributed by atoms with Crippen LogP contribution in [0.3, 0.4) is 0 Å². The Hall–Kier alpha value is -0.390. The molecular weight excluding hydrogens is 312 g/mol. The summed E-state index contributed by atoms with van der Waals surface area (Å²) in [7, 11) is 0. The molecule has 3 rings (SSSR count). The Bertz CT molecular complexity index is 444. The quantitative estimate of drug-likeness (QED) is 0.859. The molecule has 0 atom stereocenters. The molecule has 98 valence electrons. The van der Waals surface area contributed by atoms with Crippen molar-refractivity contribution in [2.45, 2.75) is 19.3 Å². The van der Waals surface area contributed by atoms with Crippen LogP contribution in [-0.2, 0) is 0 Å². The SMILES string of the molecule is O=C(c1cc(Br)cs1)N1CCC2(CCNC2)CC1. The lowest BCUT2D eigenvalue weighted by molar-refractivity contribution is 0.0612. The largest absolute Gasteiger partial charge is 0.338 e. The molecule has 3 heterocycles. The third kappa shape index (κ3) is 2.36. The van der Waals surface area contributed by atoms with Gasteiger partial charge in [0.05, 0.1) is 4.88 Å². The molecule has 0 aliphatic carbocycles. The third-order valence-electron chi connectivity index (χ3n) is 4.22. The Labute approximate surface area is 120 Å². The molecule has 1 N–H and O–H groups in total. The number of piperidine rings is 1. The zero-order chi connectivity index (χ0) is 12.6. The minimum Gasteiger partial charge on any atom is -0.338 e. The van der Waals surface area contributed by atoms with Gasteiger partial charge in [0.2, 0.25) is 0 Å². The molecule has 2 aliphatic heterocycles. The number of likely N-dealkylation sites (tertiary alicyclic amines) is 1. The van der Waals surface area contributed by atoms with Crippen molar-refractivity contribution < 1.29 is 4.79 Å². The molecule has 2 aliphatic rings. The second-order valence-electron chi connectivity index (χ2n) is 5.35. The zero-order valence-corrected chi connectivity index (χ0v) is 12.6. The summed E-state index contributed by atoms with van der Waals surface area (Å²) in [4.78, 5) is 15.2. The van der Waals surface area contributed by atoms with Crippen molar-refractivity contribution in [3.63, 3.8) is 0 Å². The number of amides is 1. The number of halogens is 1. The molecule has 0 unspecified atom stereocenters. The summed E-state index contributed by atoms with van der Waals surface area (Å²) in [6.45, 7) is 4.11. The molecule has 1 amide bonds. The summed E-state index contributed by atoms with van der Waals surface area (Å²) >= 11 is 4.93.